The molecule has 6 heteroatoms. The lowest BCUT2D eigenvalue weighted by atomic mass is 10.2. The van der Waals surface area contributed by atoms with Crippen LogP contribution in [0.15, 0.2) is 72.9 Å². The predicted molar refractivity (Wildman–Crippen MR) is 121 cm³/mol. The first-order chi connectivity index (χ1) is 15.0. The highest BCUT2D eigenvalue weighted by Gasteiger charge is 2.29. The van der Waals surface area contributed by atoms with Gasteiger partial charge in [-0.3, -0.25) is 9.59 Å². The summed E-state index contributed by atoms with van der Waals surface area (Å²) in [5, 5.41) is 5.65. The number of hydrogen-bond acceptors (Lipinski definition) is 4. The summed E-state index contributed by atoms with van der Waals surface area (Å²) in [6.07, 6.45) is 6.68. The molecule has 1 fully saturated rings. The molecule has 0 unspecified atom stereocenters. The van der Waals surface area contributed by atoms with Gasteiger partial charge in [-0.1, -0.05) is 24.3 Å². The third kappa shape index (κ3) is 6.02. The Labute approximate surface area is 181 Å². The van der Waals surface area contributed by atoms with Crippen molar-refractivity contribution in [1.82, 2.24) is 4.98 Å². The molecule has 0 bridgehead atoms. The van der Waals surface area contributed by atoms with Gasteiger partial charge in [0.2, 0.25) is 11.8 Å². The molecule has 0 saturated heterocycles. The number of aryl methyl sites for hydroxylation is 1. The molecule has 156 valence electrons. The maximum absolute atomic E-state index is 12.2. The minimum atomic E-state index is -0.206. The number of carbonyl (C=O) groups excluding carboxylic acids is 2. The second-order valence-corrected chi connectivity index (χ2v) is 7.51. The molecule has 1 aromatic heterocycles. The van der Waals surface area contributed by atoms with E-state index in [1.807, 2.05) is 55.5 Å². The smallest absolute Gasteiger partial charge is 0.248 e. The molecule has 0 atom stereocenters. The SMILES string of the molecule is Cc1cccc(NC(=O)/C=C/c2cccc(Oc3ccnc(NC(=O)C4CC4)c3)c2)c1. The fourth-order valence-electron chi connectivity index (χ4n) is 3.01. The van der Waals surface area contributed by atoms with Gasteiger partial charge in [0.05, 0.1) is 0 Å². The number of aromatic nitrogens is 1. The van der Waals surface area contributed by atoms with Crippen molar-refractivity contribution in [3.8, 4) is 11.5 Å². The van der Waals surface area contributed by atoms with E-state index in [0.717, 1.165) is 29.7 Å². The predicted octanol–water partition coefficient (Wildman–Crippen LogP) is 5.18. The van der Waals surface area contributed by atoms with Crippen molar-refractivity contribution < 1.29 is 14.3 Å². The molecule has 1 heterocycles. The Morgan fingerprint density at radius 1 is 1.00 bits per heavy atom. The maximum atomic E-state index is 12.2. The summed E-state index contributed by atoms with van der Waals surface area (Å²) in [4.78, 5) is 28.3. The number of nitrogens with one attached hydrogen (secondary N) is 2. The summed E-state index contributed by atoms with van der Waals surface area (Å²) in [5.74, 6) is 1.56. The van der Waals surface area contributed by atoms with Crippen LogP contribution in [0.5, 0.6) is 11.5 Å². The van der Waals surface area contributed by atoms with Crippen molar-refractivity contribution in [2.75, 3.05) is 10.6 Å². The van der Waals surface area contributed by atoms with E-state index in [4.69, 9.17) is 4.74 Å². The van der Waals surface area contributed by atoms with Crippen LogP contribution in [0.4, 0.5) is 11.5 Å². The molecule has 31 heavy (non-hydrogen) atoms. The minimum Gasteiger partial charge on any atom is -0.457 e. The number of hydrogen-bond donors (Lipinski definition) is 2. The van der Waals surface area contributed by atoms with Gasteiger partial charge >= 0.3 is 0 Å². The molecule has 2 amide bonds. The van der Waals surface area contributed by atoms with Gasteiger partial charge in [0.15, 0.2) is 0 Å². The average Bonchev–Trinajstić information content (AvgIpc) is 3.58. The normalized spacial score (nSPS) is 13.1. The second-order valence-electron chi connectivity index (χ2n) is 7.51. The van der Waals surface area contributed by atoms with Crippen LogP contribution in [0, 0.1) is 12.8 Å². The van der Waals surface area contributed by atoms with Gasteiger partial charge in [0.25, 0.3) is 0 Å². The number of carbonyl (C=O) groups is 2. The first kappa shape index (κ1) is 20.3. The van der Waals surface area contributed by atoms with Gasteiger partial charge < -0.3 is 15.4 Å². The fourth-order valence-corrected chi connectivity index (χ4v) is 3.01. The van der Waals surface area contributed by atoms with Gasteiger partial charge in [0, 0.05) is 29.9 Å². The highest BCUT2D eigenvalue weighted by Crippen LogP contribution is 2.30. The quantitative estimate of drug-likeness (QED) is 0.523. The molecule has 1 aliphatic rings. The molecule has 2 aromatic carbocycles. The third-order valence-corrected chi connectivity index (χ3v) is 4.74. The van der Waals surface area contributed by atoms with E-state index in [9.17, 15) is 9.59 Å². The van der Waals surface area contributed by atoms with Gasteiger partial charge in [-0.2, -0.15) is 0 Å². The molecule has 4 rings (SSSR count). The lowest BCUT2D eigenvalue weighted by Gasteiger charge is -2.08. The average molecular weight is 413 g/mol. The lowest BCUT2D eigenvalue weighted by molar-refractivity contribution is -0.117. The zero-order chi connectivity index (χ0) is 21.6. The summed E-state index contributed by atoms with van der Waals surface area (Å²) in [7, 11) is 0. The number of nitrogens with zero attached hydrogens (tertiary/aromatic N) is 1. The van der Waals surface area contributed by atoms with E-state index < -0.39 is 0 Å². The Kier molecular flexibility index (Phi) is 6.08. The van der Waals surface area contributed by atoms with Crippen molar-refractivity contribution in [3.05, 3.63) is 84.1 Å². The molecular weight excluding hydrogens is 390 g/mol. The van der Waals surface area contributed by atoms with Crippen LogP contribution in [0.2, 0.25) is 0 Å². The molecule has 0 aliphatic heterocycles. The topological polar surface area (TPSA) is 80.3 Å². The zero-order valence-electron chi connectivity index (χ0n) is 17.2. The van der Waals surface area contributed by atoms with E-state index >= 15 is 0 Å². The molecule has 3 aromatic rings. The minimum absolute atomic E-state index is 0.000671. The van der Waals surface area contributed by atoms with Crippen molar-refractivity contribution in [1.29, 1.82) is 0 Å². The van der Waals surface area contributed by atoms with E-state index in [-0.39, 0.29) is 17.7 Å². The van der Waals surface area contributed by atoms with E-state index in [1.165, 1.54) is 6.08 Å². The molecule has 0 radical (unpaired) electrons. The Morgan fingerprint density at radius 3 is 2.61 bits per heavy atom. The van der Waals surface area contributed by atoms with Crippen LogP contribution >= 0.6 is 0 Å². The van der Waals surface area contributed by atoms with Crippen molar-refractivity contribution in [2.45, 2.75) is 19.8 Å². The Bertz CT molecular complexity index is 1140. The van der Waals surface area contributed by atoms with Crippen molar-refractivity contribution >= 4 is 29.4 Å². The van der Waals surface area contributed by atoms with Crippen molar-refractivity contribution in [2.24, 2.45) is 5.92 Å². The molecule has 0 spiro atoms. The van der Waals surface area contributed by atoms with E-state index in [2.05, 4.69) is 15.6 Å². The molecule has 1 aliphatic carbocycles. The Hall–Kier alpha value is -3.93. The van der Waals surface area contributed by atoms with Gasteiger partial charge in [-0.15, -0.1) is 0 Å². The largest absolute Gasteiger partial charge is 0.457 e. The summed E-state index contributed by atoms with van der Waals surface area (Å²) < 4.78 is 5.91. The number of anilines is 2. The molecule has 6 nitrogen and oxygen atoms in total. The van der Waals surface area contributed by atoms with E-state index in [0.29, 0.717) is 17.3 Å². The second kappa shape index (κ2) is 9.26. The molecule has 1 saturated carbocycles. The fraction of sp³-hybridized carbons (Fsp3) is 0.160. The number of pyridine rings is 1. The van der Waals surface area contributed by atoms with Gasteiger partial charge in [-0.05, 0) is 67.3 Å². The summed E-state index contributed by atoms with van der Waals surface area (Å²) in [6, 6.07) is 18.5. The van der Waals surface area contributed by atoms with E-state index in [1.54, 1.807) is 24.4 Å². The van der Waals surface area contributed by atoms with Crippen LogP contribution in [0.25, 0.3) is 6.08 Å². The number of ether oxygens (including phenoxy) is 1. The first-order valence-corrected chi connectivity index (χ1v) is 10.2. The molecular formula is C25H23N3O3. The van der Waals surface area contributed by atoms with Gasteiger partial charge in [-0.25, -0.2) is 4.98 Å². The number of amides is 2. The maximum Gasteiger partial charge on any atom is 0.248 e. The standard InChI is InChI=1S/C25H23N3O3/c1-17-4-2-6-20(14-17)27-24(29)11-8-18-5-3-7-21(15-18)31-22-12-13-26-23(16-22)28-25(30)19-9-10-19/h2-8,11-16,19H,9-10H2,1H3,(H,27,29)(H,26,28,30)/b11-8+. The van der Waals surface area contributed by atoms with Crippen LogP contribution in [-0.4, -0.2) is 16.8 Å². The summed E-state index contributed by atoms with van der Waals surface area (Å²) in [5.41, 5.74) is 2.67. The summed E-state index contributed by atoms with van der Waals surface area (Å²) in [6.45, 7) is 1.98. The molecule has 2 N–H and O–H groups in total. The van der Waals surface area contributed by atoms with Crippen molar-refractivity contribution in [3.63, 3.8) is 0 Å². The lowest BCUT2D eigenvalue weighted by Crippen LogP contribution is -2.14. The van der Waals surface area contributed by atoms with Crippen LogP contribution in [0.1, 0.15) is 24.0 Å². The Balaban J connectivity index is 1.38. The van der Waals surface area contributed by atoms with Crippen LogP contribution in [0.3, 0.4) is 0 Å². The summed E-state index contributed by atoms with van der Waals surface area (Å²) >= 11 is 0. The zero-order valence-corrected chi connectivity index (χ0v) is 17.2. The number of benzene rings is 2. The Morgan fingerprint density at radius 2 is 1.81 bits per heavy atom. The van der Waals surface area contributed by atoms with Crippen LogP contribution in [-0.2, 0) is 9.59 Å². The third-order valence-electron chi connectivity index (χ3n) is 4.74. The first-order valence-electron chi connectivity index (χ1n) is 10.2. The van der Waals surface area contributed by atoms with Crippen LogP contribution < -0.4 is 15.4 Å². The highest BCUT2D eigenvalue weighted by molar-refractivity contribution is 6.02. The highest BCUT2D eigenvalue weighted by atomic mass is 16.5. The monoisotopic (exact) mass is 413 g/mol. The van der Waals surface area contributed by atoms with Gasteiger partial charge in [0.1, 0.15) is 17.3 Å². The number of rotatable bonds is 7.